The van der Waals surface area contributed by atoms with E-state index in [4.69, 9.17) is 0 Å². The number of hydrogen-bond donors (Lipinski definition) is 3. The highest BCUT2D eigenvalue weighted by Crippen LogP contribution is 2.22. The molecule has 6 nitrogen and oxygen atoms in total. The van der Waals surface area contributed by atoms with Crippen LogP contribution >= 0.6 is 0 Å². The van der Waals surface area contributed by atoms with Crippen LogP contribution in [-0.4, -0.2) is 24.9 Å². The second kappa shape index (κ2) is 5.31. The van der Waals surface area contributed by atoms with E-state index >= 15 is 0 Å². The van der Waals surface area contributed by atoms with Gasteiger partial charge in [-0.3, -0.25) is 9.82 Å². The third-order valence-corrected chi connectivity index (χ3v) is 3.22. The molecule has 1 aromatic heterocycles. The Morgan fingerprint density at radius 1 is 1.26 bits per heavy atom. The zero-order valence-electron chi connectivity index (χ0n) is 10.8. The second-order valence-electron chi connectivity index (χ2n) is 4.29. The quantitative estimate of drug-likeness (QED) is 0.778. The summed E-state index contributed by atoms with van der Waals surface area (Å²) < 4.78 is 25.1. The van der Waals surface area contributed by atoms with Crippen molar-refractivity contribution in [3.8, 4) is 0 Å². The van der Waals surface area contributed by atoms with Gasteiger partial charge in [0, 0.05) is 17.8 Å². The molecule has 0 radical (unpaired) electrons. The number of sulfonamides is 1. The Balaban J connectivity index is 2.14. The molecule has 0 amide bonds. The molecule has 2 aromatic rings. The molecule has 102 valence electrons. The summed E-state index contributed by atoms with van der Waals surface area (Å²) in [4.78, 5) is 0. The summed E-state index contributed by atoms with van der Waals surface area (Å²) >= 11 is 0. The van der Waals surface area contributed by atoms with Gasteiger partial charge in [0.2, 0.25) is 10.0 Å². The summed E-state index contributed by atoms with van der Waals surface area (Å²) in [6.45, 7) is 2.51. The molecule has 0 aliphatic heterocycles. The Morgan fingerprint density at radius 2 is 1.95 bits per heavy atom. The van der Waals surface area contributed by atoms with Crippen LogP contribution in [0.4, 0.5) is 11.4 Å². The Labute approximate surface area is 112 Å². The molecule has 0 spiro atoms. The molecule has 0 bridgehead atoms. The van der Waals surface area contributed by atoms with E-state index in [1.54, 1.807) is 18.3 Å². The average molecular weight is 280 g/mol. The first-order valence-corrected chi connectivity index (χ1v) is 7.64. The summed E-state index contributed by atoms with van der Waals surface area (Å²) in [5.41, 5.74) is 3.29. The van der Waals surface area contributed by atoms with Gasteiger partial charge in [0.05, 0.1) is 23.8 Å². The van der Waals surface area contributed by atoms with Crippen molar-refractivity contribution in [1.82, 2.24) is 10.2 Å². The largest absolute Gasteiger partial charge is 0.379 e. The first-order chi connectivity index (χ1) is 8.96. The lowest BCUT2D eigenvalue weighted by atomic mass is 10.2. The van der Waals surface area contributed by atoms with E-state index in [9.17, 15) is 8.42 Å². The summed E-state index contributed by atoms with van der Waals surface area (Å²) in [6.07, 6.45) is 2.87. The minimum absolute atomic E-state index is 0.533. The van der Waals surface area contributed by atoms with E-state index in [1.807, 2.05) is 19.1 Å². The molecule has 0 fully saturated rings. The Hall–Kier alpha value is -2.02. The molecule has 1 heterocycles. The minimum atomic E-state index is -3.29. The van der Waals surface area contributed by atoms with Crippen molar-refractivity contribution in [2.24, 2.45) is 0 Å². The third kappa shape index (κ3) is 3.72. The summed E-state index contributed by atoms with van der Waals surface area (Å²) in [5, 5.41) is 9.99. The molecule has 0 unspecified atom stereocenters. The van der Waals surface area contributed by atoms with Crippen LogP contribution in [0.25, 0.3) is 0 Å². The molecular weight excluding hydrogens is 264 g/mol. The molecule has 0 saturated carbocycles. The fourth-order valence-electron chi connectivity index (χ4n) is 1.67. The van der Waals surface area contributed by atoms with E-state index in [0.29, 0.717) is 12.2 Å². The summed E-state index contributed by atoms with van der Waals surface area (Å²) in [7, 11) is -3.29. The molecule has 0 atom stereocenters. The van der Waals surface area contributed by atoms with Crippen LogP contribution in [0.15, 0.2) is 30.5 Å². The maximum atomic E-state index is 11.3. The lowest BCUT2D eigenvalue weighted by Gasteiger charge is -2.12. The van der Waals surface area contributed by atoms with E-state index in [1.165, 1.54) is 0 Å². The zero-order chi connectivity index (χ0) is 13.9. The van der Waals surface area contributed by atoms with Crippen LogP contribution in [0.5, 0.6) is 0 Å². The molecule has 1 aromatic carbocycles. The van der Waals surface area contributed by atoms with E-state index in [-0.39, 0.29) is 0 Å². The van der Waals surface area contributed by atoms with Gasteiger partial charge in [-0.25, -0.2) is 8.42 Å². The van der Waals surface area contributed by atoms with Crippen LogP contribution in [0, 0.1) is 6.92 Å². The number of aryl methyl sites for hydroxylation is 1. The van der Waals surface area contributed by atoms with Gasteiger partial charge in [-0.05, 0) is 19.1 Å². The number of aromatic nitrogens is 2. The second-order valence-corrected chi connectivity index (χ2v) is 6.04. The lowest BCUT2D eigenvalue weighted by Crippen LogP contribution is -2.12. The van der Waals surface area contributed by atoms with Gasteiger partial charge in [-0.15, -0.1) is 0 Å². The topological polar surface area (TPSA) is 86.9 Å². The van der Waals surface area contributed by atoms with Gasteiger partial charge in [-0.1, -0.05) is 12.1 Å². The zero-order valence-corrected chi connectivity index (χ0v) is 11.6. The highest BCUT2D eigenvalue weighted by atomic mass is 32.2. The van der Waals surface area contributed by atoms with Gasteiger partial charge in [0.1, 0.15) is 0 Å². The number of aromatic amines is 1. The monoisotopic (exact) mass is 280 g/mol. The highest BCUT2D eigenvalue weighted by Gasteiger charge is 2.07. The van der Waals surface area contributed by atoms with Crippen molar-refractivity contribution in [2.45, 2.75) is 13.5 Å². The predicted molar refractivity (Wildman–Crippen MR) is 75.6 cm³/mol. The van der Waals surface area contributed by atoms with Gasteiger partial charge < -0.3 is 5.32 Å². The fraction of sp³-hybridized carbons (Fsp3) is 0.250. The molecule has 0 aliphatic carbocycles. The Kier molecular flexibility index (Phi) is 3.75. The molecule has 19 heavy (non-hydrogen) atoms. The number of para-hydroxylation sites is 2. The van der Waals surface area contributed by atoms with Crippen LogP contribution < -0.4 is 10.0 Å². The van der Waals surface area contributed by atoms with Gasteiger partial charge >= 0.3 is 0 Å². The molecule has 7 heteroatoms. The standard InChI is InChI=1S/C12H16N4O2S/c1-9-10(8-14-15-9)7-13-11-5-3-4-6-12(11)16-19(2,17)18/h3-6,8,13,16H,7H2,1-2H3,(H,14,15). The predicted octanol–water partition coefficient (Wildman–Crippen LogP) is 1.70. The minimum Gasteiger partial charge on any atom is -0.379 e. The SMILES string of the molecule is Cc1[nH]ncc1CNc1ccccc1NS(C)(=O)=O. The number of nitrogens with zero attached hydrogens (tertiary/aromatic N) is 1. The van der Waals surface area contributed by atoms with Crippen molar-refractivity contribution < 1.29 is 8.42 Å². The fourth-order valence-corrected chi connectivity index (χ4v) is 2.25. The van der Waals surface area contributed by atoms with Crippen LogP contribution in [-0.2, 0) is 16.6 Å². The lowest BCUT2D eigenvalue weighted by molar-refractivity contribution is 0.607. The molecule has 0 saturated heterocycles. The number of H-pyrrole nitrogens is 1. The molecule has 3 N–H and O–H groups in total. The first kappa shape index (κ1) is 13.4. The van der Waals surface area contributed by atoms with Gasteiger partial charge in [-0.2, -0.15) is 5.10 Å². The first-order valence-electron chi connectivity index (χ1n) is 5.75. The number of nitrogens with one attached hydrogen (secondary N) is 3. The number of anilines is 2. The van der Waals surface area contributed by atoms with Crippen LogP contribution in [0.2, 0.25) is 0 Å². The van der Waals surface area contributed by atoms with Crippen molar-refractivity contribution in [3.05, 3.63) is 41.7 Å². The molecule has 0 aliphatic rings. The number of benzene rings is 1. The van der Waals surface area contributed by atoms with Crippen molar-refractivity contribution in [1.29, 1.82) is 0 Å². The molecular formula is C12H16N4O2S. The van der Waals surface area contributed by atoms with Crippen LogP contribution in [0.3, 0.4) is 0 Å². The summed E-state index contributed by atoms with van der Waals surface area (Å²) in [6, 6.07) is 7.16. The van der Waals surface area contributed by atoms with E-state index in [0.717, 1.165) is 23.2 Å². The van der Waals surface area contributed by atoms with Gasteiger partial charge in [0.25, 0.3) is 0 Å². The average Bonchev–Trinajstić information content (AvgIpc) is 2.72. The van der Waals surface area contributed by atoms with Crippen molar-refractivity contribution >= 4 is 21.4 Å². The normalized spacial score (nSPS) is 11.3. The van der Waals surface area contributed by atoms with Crippen LogP contribution in [0.1, 0.15) is 11.3 Å². The third-order valence-electron chi connectivity index (χ3n) is 2.63. The van der Waals surface area contributed by atoms with E-state index in [2.05, 4.69) is 20.2 Å². The van der Waals surface area contributed by atoms with Crippen molar-refractivity contribution in [3.63, 3.8) is 0 Å². The maximum absolute atomic E-state index is 11.3. The molecule has 2 rings (SSSR count). The number of rotatable bonds is 5. The van der Waals surface area contributed by atoms with E-state index < -0.39 is 10.0 Å². The Morgan fingerprint density at radius 3 is 2.53 bits per heavy atom. The van der Waals surface area contributed by atoms with Crippen molar-refractivity contribution in [2.75, 3.05) is 16.3 Å². The van der Waals surface area contributed by atoms with Gasteiger partial charge in [0.15, 0.2) is 0 Å². The smallest absolute Gasteiger partial charge is 0.229 e. The Bertz CT molecular complexity index is 664. The highest BCUT2D eigenvalue weighted by molar-refractivity contribution is 7.92. The maximum Gasteiger partial charge on any atom is 0.229 e. The summed E-state index contributed by atoms with van der Waals surface area (Å²) in [5.74, 6) is 0. The number of hydrogen-bond acceptors (Lipinski definition) is 4.